The van der Waals surface area contributed by atoms with Gasteiger partial charge in [0, 0.05) is 0 Å². The summed E-state index contributed by atoms with van der Waals surface area (Å²) in [6.45, 7) is 0. The van der Waals surface area contributed by atoms with Crippen LogP contribution in [0.4, 0.5) is 0 Å². The number of hydrogen-bond acceptors (Lipinski definition) is 7. The van der Waals surface area contributed by atoms with Crippen molar-refractivity contribution in [3.05, 3.63) is 58.7 Å². The zero-order chi connectivity index (χ0) is 17.0. The molecule has 0 amide bonds. The van der Waals surface area contributed by atoms with Gasteiger partial charge >= 0.3 is 11.9 Å². The van der Waals surface area contributed by atoms with Crippen LogP contribution in [0.1, 0.15) is 41.4 Å². The number of benzene rings is 2. The molecule has 0 aromatic heterocycles. The Kier molecular flexibility index (Phi) is 4.51. The van der Waals surface area contributed by atoms with Crippen LogP contribution in [0, 0.1) is 0 Å². The maximum Gasteiger partial charge on any atom is 0.349 e. The van der Waals surface area contributed by atoms with Crippen LogP contribution in [0.2, 0.25) is 0 Å². The van der Waals surface area contributed by atoms with Crippen LogP contribution >= 0.6 is 0 Å². The fourth-order valence-corrected chi connectivity index (χ4v) is 1.84. The van der Waals surface area contributed by atoms with Gasteiger partial charge in [0.25, 0.3) is 0 Å². The van der Waals surface area contributed by atoms with Gasteiger partial charge in [0.15, 0.2) is 12.6 Å². The molecule has 2 aromatic rings. The van der Waals surface area contributed by atoms with Crippen molar-refractivity contribution in [1.82, 2.24) is 0 Å². The highest BCUT2D eigenvalue weighted by atomic mass is 16.6. The number of phenols is 2. The summed E-state index contributed by atoms with van der Waals surface area (Å²) in [6, 6.07) is 7.55. The summed E-state index contributed by atoms with van der Waals surface area (Å²) in [7, 11) is 0. The van der Waals surface area contributed by atoms with Gasteiger partial charge in [-0.1, -0.05) is 12.1 Å². The topological polar surface area (TPSA) is 118 Å². The molecule has 0 spiro atoms. The van der Waals surface area contributed by atoms with Crippen LogP contribution < -0.4 is 0 Å². The first-order valence-electron chi connectivity index (χ1n) is 6.30. The van der Waals surface area contributed by atoms with E-state index < -0.39 is 23.4 Å². The molecule has 2 rings (SSSR count). The van der Waals surface area contributed by atoms with Crippen LogP contribution in [0.3, 0.4) is 0 Å². The number of carbonyl (C=O) groups excluding carboxylic acids is 4. The molecular formula is C16H10O7. The molecule has 0 aliphatic carbocycles. The van der Waals surface area contributed by atoms with Crippen molar-refractivity contribution in [2.24, 2.45) is 0 Å². The molecule has 23 heavy (non-hydrogen) atoms. The summed E-state index contributed by atoms with van der Waals surface area (Å²) in [5, 5.41) is 19.5. The lowest BCUT2D eigenvalue weighted by Crippen LogP contribution is -2.14. The number of ether oxygens (including phenoxy) is 1. The minimum absolute atomic E-state index is 0.141. The molecule has 0 unspecified atom stereocenters. The minimum atomic E-state index is -1.20. The molecule has 0 bridgehead atoms. The third kappa shape index (κ3) is 3.08. The predicted octanol–water partition coefficient (Wildman–Crippen LogP) is 1.72. The molecule has 2 aromatic carbocycles. The molecule has 0 fully saturated rings. The third-order valence-electron chi connectivity index (χ3n) is 3.01. The van der Waals surface area contributed by atoms with E-state index in [1.165, 1.54) is 36.4 Å². The minimum Gasteiger partial charge on any atom is -0.506 e. The van der Waals surface area contributed by atoms with E-state index in [4.69, 9.17) is 0 Å². The molecule has 0 heterocycles. The average molecular weight is 314 g/mol. The van der Waals surface area contributed by atoms with Crippen LogP contribution in [0.5, 0.6) is 11.5 Å². The van der Waals surface area contributed by atoms with Gasteiger partial charge in [-0.3, -0.25) is 9.59 Å². The van der Waals surface area contributed by atoms with Crippen LogP contribution in [0.15, 0.2) is 36.4 Å². The second kappa shape index (κ2) is 6.52. The van der Waals surface area contributed by atoms with Crippen molar-refractivity contribution in [1.29, 1.82) is 0 Å². The Morgan fingerprint density at radius 1 is 0.783 bits per heavy atom. The molecule has 0 aliphatic heterocycles. The van der Waals surface area contributed by atoms with Crippen molar-refractivity contribution in [3.63, 3.8) is 0 Å². The Labute approximate surface area is 129 Å². The fourth-order valence-electron chi connectivity index (χ4n) is 1.84. The van der Waals surface area contributed by atoms with E-state index in [2.05, 4.69) is 4.74 Å². The number of para-hydroxylation sites is 2. The van der Waals surface area contributed by atoms with E-state index >= 15 is 0 Å². The number of carbonyl (C=O) groups is 4. The quantitative estimate of drug-likeness (QED) is 0.501. The summed E-state index contributed by atoms with van der Waals surface area (Å²) in [4.78, 5) is 45.3. The smallest absolute Gasteiger partial charge is 0.349 e. The lowest BCUT2D eigenvalue weighted by atomic mass is 10.1. The lowest BCUT2D eigenvalue weighted by molar-refractivity contribution is 0.0394. The lowest BCUT2D eigenvalue weighted by Gasteiger charge is -2.07. The first-order valence-corrected chi connectivity index (χ1v) is 6.30. The van der Waals surface area contributed by atoms with E-state index in [1.807, 2.05) is 0 Å². The van der Waals surface area contributed by atoms with E-state index in [0.29, 0.717) is 12.6 Å². The molecule has 7 nitrogen and oxygen atoms in total. The maximum absolute atomic E-state index is 11.9. The standard InChI is InChI=1S/C16H10O7/c17-7-9-3-1-5-11(13(9)19)15(21)23-16(22)12-6-2-4-10(8-18)14(12)20/h1-8,19-20H. The number of phenolic OH excluding ortho intramolecular Hbond substituents is 2. The molecule has 0 saturated heterocycles. The largest absolute Gasteiger partial charge is 0.506 e. The highest BCUT2D eigenvalue weighted by Gasteiger charge is 2.22. The van der Waals surface area contributed by atoms with E-state index in [9.17, 15) is 29.4 Å². The number of aromatic hydroxyl groups is 2. The van der Waals surface area contributed by atoms with E-state index in [0.717, 1.165) is 0 Å². The summed E-state index contributed by atoms with van der Waals surface area (Å²) < 4.78 is 4.55. The van der Waals surface area contributed by atoms with Crippen LogP contribution in [-0.2, 0) is 4.74 Å². The van der Waals surface area contributed by atoms with Crippen LogP contribution in [0.25, 0.3) is 0 Å². The van der Waals surface area contributed by atoms with Gasteiger partial charge in [0.2, 0.25) is 0 Å². The third-order valence-corrected chi connectivity index (χ3v) is 3.01. The van der Waals surface area contributed by atoms with Crippen molar-refractivity contribution in [3.8, 4) is 11.5 Å². The number of esters is 2. The molecule has 116 valence electrons. The van der Waals surface area contributed by atoms with Gasteiger partial charge in [0.1, 0.15) is 22.6 Å². The Bertz CT molecular complexity index is 741. The normalized spacial score (nSPS) is 9.91. The number of hydrogen-bond donors (Lipinski definition) is 2. The van der Waals surface area contributed by atoms with Gasteiger partial charge in [0.05, 0.1) is 11.1 Å². The van der Waals surface area contributed by atoms with E-state index in [1.54, 1.807) is 0 Å². The maximum atomic E-state index is 11.9. The molecule has 0 radical (unpaired) electrons. The highest BCUT2D eigenvalue weighted by molar-refractivity contribution is 6.06. The van der Waals surface area contributed by atoms with Gasteiger partial charge in [-0.15, -0.1) is 0 Å². The van der Waals surface area contributed by atoms with Crippen LogP contribution in [-0.4, -0.2) is 34.7 Å². The summed E-state index contributed by atoms with van der Waals surface area (Å²) in [5.74, 6) is -3.64. The number of rotatable bonds is 4. The Morgan fingerprint density at radius 3 is 1.52 bits per heavy atom. The second-order valence-electron chi connectivity index (χ2n) is 4.40. The average Bonchev–Trinajstić information content (AvgIpc) is 2.55. The predicted molar refractivity (Wildman–Crippen MR) is 76.7 cm³/mol. The SMILES string of the molecule is O=Cc1cccc(C(=O)OC(=O)c2cccc(C=O)c2O)c1O. The van der Waals surface area contributed by atoms with Gasteiger partial charge < -0.3 is 14.9 Å². The van der Waals surface area contributed by atoms with E-state index in [-0.39, 0.29) is 22.3 Å². The molecular weight excluding hydrogens is 304 g/mol. The molecule has 0 aliphatic rings. The van der Waals surface area contributed by atoms with Gasteiger partial charge in [-0.05, 0) is 24.3 Å². The summed E-state index contributed by atoms with van der Waals surface area (Å²) >= 11 is 0. The Balaban J connectivity index is 2.29. The Hall–Kier alpha value is -3.48. The summed E-state index contributed by atoms with van der Waals surface area (Å²) in [6.07, 6.45) is 0.681. The molecule has 2 N–H and O–H groups in total. The van der Waals surface area contributed by atoms with Crippen molar-refractivity contribution in [2.45, 2.75) is 0 Å². The van der Waals surface area contributed by atoms with Crippen molar-refractivity contribution >= 4 is 24.5 Å². The zero-order valence-corrected chi connectivity index (χ0v) is 11.6. The summed E-state index contributed by atoms with van der Waals surface area (Å²) in [5.41, 5.74) is -1.04. The first-order chi connectivity index (χ1) is 11.0. The first kappa shape index (κ1) is 15.9. The van der Waals surface area contributed by atoms with Crippen molar-refractivity contribution in [2.75, 3.05) is 0 Å². The zero-order valence-electron chi connectivity index (χ0n) is 11.6. The Morgan fingerprint density at radius 2 is 1.17 bits per heavy atom. The number of aldehydes is 2. The second-order valence-corrected chi connectivity index (χ2v) is 4.40. The fraction of sp³-hybridized carbons (Fsp3) is 0. The van der Waals surface area contributed by atoms with Crippen molar-refractivity contribution < 1.29 is 34.1 Å². The van der Waals surface area contributed by atoms with Gasteiger partial charge in [-0.25, -0.2) is 9.59 Å². The monoisotopic (exact) mass is 314 g/mol. The highest BCUT2D eigenvalue weighted by Crippen LogP contribution is 2.24. The molecule has 0 atom stereocenters. The molecule has 0 saturated carbocycles. The molecule has 7 heteroatoms. The van der Waals surface area contributed by atoms with Gasteiger partial charge in [-0.2, -0.15) is 0 Å².